The van der Waals surface area contributed by atoms with Gasteiger partial charge in [-0.05, 0) is 44.9 Å². The van der Waals surface area contributed by atoms with E-state index in [0.29, 0.717) is 26.1 Å². The third-order valence-electron chi connectivity index (χ3n) is 12.0. The minimum absolute atomic E-state index is 0.0875. The Morgan fingerprint density at radius 3 is 1.17 bits per heavy atom. The molecule has 0 bridgehead atoms. The molecule has 0 heterocycles. The van der Waals surface area contributed by atoms with Gasteiger partial charge < -0.3 is 14.2 Å². The molecule has 0 fully saturated rings. The number of hydrogen-bond donors (Lipinski definition) is 0. The quantitative estimate of drug-likeness (QED) is 0.0347. The summed E-state index contributed by atoms with van der Waals surface area (Å²) in [6.45, 7) is 7.81. The van der Waals surface area contributed by atoms with Crippen LogP contribution in [0.4, 0.5) is 0 Å². The van der Waals surface area contributed by atoms with Crippen molar-refractivity contribution < 1.29 is 23.8 Å². The predicted molar refractivity (Wildman–Crippen MR) is 261 cm³/mol. The number of unbranched alkanes of at least 4 members (excludes halogenated alkanes) is 35. The van der Waals surface area contributed by atoms with Crippen LogP contribution < -0.4 is 0 Å². The maximum Gasteiger partial charge on any atom is 0.306 e. The Bertz CT molecular complexity index is 913. The van der Waals surface area contributed by atoms with Gasteiger partial charge in [0.1, 0.15) is 6.61 Å². The van der Waals surface area contributed by atoms with E-state index in [1.807, 2.05) is 0 Å². The third kappa shape index (κ3) is 49.0. The van der Waals surface area contributed by atoms with Gasteiger partial charge in [0.25, 0.3) is 0 Å². The van der Waals surface area contributed by atoms with E-state index >= 15 is 0 Å². The van der Waals surface area contributed by atoms with Gasteiger partial charge in [-0.3, -0.25) is 9.59 Å². The lowest BCUT2D eigenvalue weighted by molar-refractivity contribution is -0.163. The Hall–Kier alpha value is -1.62. The normalized spacial score (nSPS) is 12.2. The zero-order valence-electron chi connectivity index (χ0n) is 40.7. The van der Waals surface area contributed by atoms with Crippen molar-refractivity contribution in [1.82, 2.24) is 0 Å². The van der Waals surface area contributed by atoms with Crippen LogP contribution in [0.15, 0.2) is 24.3 Å². The molecule has 0 N–H and O–H groups in total. The van der Waals surface area contributed by atoms with Gasteiger partial charge in [-0.1, -0.05) is 257 Å². The minimum Gasteiger partial charge on any atom is -0.462 e. The molecule has 0 aliphatic carbocycles. The molecule has 0 rings (SSSR count). The van der Waals surface area contributed by atoms with E-state index in [1.165, 1.54) is 205 Å². The van der Waals surface area contributed by atoms with Crippen molar-refractivity contribution in [3.63, 3.8) is 0 Å². The first-order valence-electron chi connectivity index (χ1n) is 26.9. The summed E-state index contributed by atoms with van der Waals surface area (Å²) in [6, 6.07) is 0. The largest absolute Gasteiger partial charge is 0.462 e. The molecule has 0 amide bonds. The monoisotopic (exact) mass is 845 g/mol. The first kappa shape index (κ1) is 58.4. The molecule has 60 heavy (non-hydrogen) atoms. The van der Waals surface area contributed by atoms with Crippen LogP contribution in [0.25, 0.3) is 0 Å². The predicted octanol–water partition coefficient (Wildman–Crippen LogP) is 18.0. The summed E-state index contributed by atoms with van der Waals surface area (Å²) < 4.78 is 17.4. The van der Waals surface area contributed by atoms with E-state index in [9.17, 15) is 9.59 Å². The number of ether oxygens (including phenoxy) is 3. The lowest BCUT2D eigenvalue weighted by atomic mass is 10.0. The van der Waals surface area contributed by atoms with Gasteiger partial charge in [-0.15, -0.1) is 0 Å². The van der Waals surface area contributed by atoms with E-state index in [0.717, 1.165) is 51.4 Å². The Balaban J connectivity index is 4.22. The van der Waals surface area contributed by atoms with Crippen molar-refractivity contribution >= 4 is 11.9 Å². The zero-order chi connectivity index (χ0) is 43.5. The molecule has 1 atom stereocenters. The van der Waals surface area contributed by atoms with Crippen molar-refractivity contribution in [2.45, 2.75) is 297 Å². The molecule has 5 nitrogen and oxygen atoms in total. The number of esters is 2. The Morgan fingerprint density at radius 2 is 0.733 bits per heavy atom. The molecule has 354 valence electrons. The molecule has 0 aromatic carbocycles. The molecule has 0 saturated carbocycles. The van der Waals surface area contributed by atoms with Crippen molar-refractivity contribution in [1.29, 1.82) is 0 Å². The third-order valence-corrected chi connectivity index (χ3v) is 12.0. The van der Waals surface area contributed by atoms with Gasteiger partial charge in [0.15, 0.2) is 6.10 Å². The Morgan fingerprint density at radius 1 is 0.367 bits per heavy atom. The Labute approximate surface area is 375 Å². The summed E-state index contributed by atoms with van der Waals surface area (Å²) in [5, 5.41) is 0. The average molecular weight is 845 g/mol. The first-order valence-corrected chi connectivity index (χ1v) is 26.9. The summed E-state index contributed by atoms with van der Waals surface area (Å²) in [5.74, 6) is -0.394. The van der Waals surface area contributed by atoms with Gasteiger partial charge in [-0.2, -0.15) is 0 Å². The van der Waals surface area contributed by atoms with E-state index in [4.69, 9.17) is 14.2 Å². The van der Waals surface area contributed by atoms with Crippen LogP contribution in [0.1, 0.15) is 290 Å². The molecule has 0 aliphatic rings. The van der Waals surface area contributed by atoms with Gasteiger partial charge in [-0.25, -0.2) is 0 Å². The van der Waals surface area contributed by atoms with Crippen LogP contribution in [-0.4, -0.2) is 37.9 Å². The molecule has 1 unspecified atom stereocenters. The van der Waals surface area contributed by atoms with Crippen LogP contribution in [-0.2, 0) is 23.8 Å². The number of rotatable bonds is 50. The van der Waals surface area contributed by atoms with Crippen LogP contribution in [0, 0.1) is 0 Å². The molecule has 0 aliphatic heterocycles. The zero-order valence-corrected chi connectivity index (χ0v) is 40.7. The second kappa shape index (κ2) is 51.7. The highest BCUT2D eigenvalue weighted by atomic mass is 16.6. The van der Waals surface area contributed by atoms with Crippen LogP contribution >= 0.6 is 0 Å². The van der Waals surface area contributed by atoms with Crippen molar-refractivity contribution in [2.75, 3.05) is 19.8 Å². The molecular weight excluding hydrogens is 741 g/mol. The molecule has 0 spiro atoms. The summed E-state index contributed by atoms with van der Waals surface area (Å²) in [4.78, 5) is 25.4. The molecule has 0 radical (unpaired) electrons. The maximum atomic E-state index is 12.8. The van der Waals surface area contributed by atoms with E-state index in [-0.39, 0.29) is 18.5 Å². The fourth-order valence-corrected chi connectivity index (χ4v) is 7.96. The second-order valence-corrected chi connectivity index (χ2v) is 18.1. The highest BCUT2D eigenvalue weighted by Crippen LogP contribution is 2.16. The lowest BCUT2D eigenvalue weighted by Gasteiger charge is -2.18. The Kier molecular flexibility index (Phi) is 50.3. The van der Waals surface area contributed by atoms with Gasteiger partial charge in [0.05, 0.1) is 6.61 Å². The van der Waals surface area contributed by atoms with Crippen LogP contribution in [0.2, 0.25) is 0 Å². The highest BCUT2D eigenvalue weighted by Gasteiger charge is 2.17. The molecular formula is C55H104O5. The second-order valence-electron chi connectivity index (χ2n) is 18.1. The minimum atomic E-state index is -0.535. The smallest absolute Gasteiger partial charge is 0.306 e. The van der Waals surface area contributed by atoms with Crippen LogP contribution in [0.3, 0.4) is 0 Å². The van der Waals surface area contributed by atoms with Crippen molar-refractivity contribution in [2.24, 2.45) is 0 Å². The highest BCUT2D eigenvalue weighted by molar-refractivity contribution is 5.70. The number of allylic oxidation sites excluding steroid dienone is 4. The summed E-state index contributed by atoms with van der Waals surface area (Å²) in [6.07, 6.45) is 60.4. The SMILES string of the molecule is CCC/C=C\C/C=C\CCCCCCCC(=O)OC(COCCCCCCCCCCCCCCCCCC)COC(=O)CCCCCCCCCCCCCCCCC. The van der Waals surface area contributed by atoms with Crippen molar-refractivity contribution in [3.8, 4) is 0 Å². The maximum absolute atomic E-state index is 12.8. The molecule has 0 aromatic rings. The van der Waals surface area contributed by atoms with E-state index in [2.05, 4.69) is 45.1 Å². The summed E-state index contributed by atoms with van der Waals surface area (Å²) in [5.41, 5.74) is 0. The number of carbonyl (C=O) groups is 2. The van der Waals surface area contributed by atoms with E-state index in [1.54, 1.807) is 0 Å². The number of carbonyl (C=O) groups excluding carboxylic acids is 2. The van der Waals surface area contributed by atoms with E-state index < -0.39 is 6.10 Å². The average Bonchev–Trinajstić information content (AvgIpc) is 3.25. The summed E-state index contributed by atoms with van der Waals surface area (Å²) >= 11 is 0. The topological polar surface area (TPSA) is 61.8 Å². The van der Waals surface area contributed by atoms with Crippen molar-refractivity contribution in [3.05, 3.63) is 24.3 Å². The fourth-order valence-electron chi connectivity index (χ4n) is 7.96. The molecule has 0 aromatic heterocycles. The lowest BCUT2D eigenvalue weighted by Crippen LogP contribution is -2.30. The standard InChI is InChI=1S/C55H104O5/c1-4-7-10-13-16-19-22-25-27-29-32-35-38-41-44-47-50-58-51-53(60-55(57)49-46-43-40-37-34-30-24-21-18-15-12-9-6-3)52-59-54(56)48-45-42-39-36-33-31-28-26-23-20-17-14-11-8-5-2/h12,15,21,24,53H,4-11,13-14,16-20,22-23,25-52H2,1-3H3/b15-12-,24-21-. The molecule has 5 heteroatoms. The molecule has 0 saturated heterocycles. The summed E-state index contributed by atoms with van der Waals surface area (Å²) in [7, 11) is 0. The van der Waals surface area contributed by atoms with Gasteiger partial charge in [0.2, 0.25) is 0 Å². The first-order chi connectivity index (χ1) is 29.6. The van der Waals surface area contributed by atoms with Gasteiger partial charge >= 0.3 is 11.9 Å². The fraction of sp³-hybridized carbons (Fsp3) is 0.891. The van der Waals surface area contributed by atoms with Crippen LogP contribution in [0.5, 0.6) is 0 Å². The number of hydrogen-bond acceptors (Lipinski definition) is 5. The van der Waals surface area contributed by atoms with Gasteiger partial charge in [0, 0.05) is 19.4 Å².